The van der Waals surface area contributed by atoms with Gasteiger partial charge in [0.2, 0.25) is 0 Å². The molecule has 106 valence electrons. The number of nitrogens with one attached hydrogen (secondary N) is 2. The molecule has 0 atom stereocenters. The van der Waals surface area contributed by atoms with Gasteiger partial charge in [-0.15, -0.1) is 0 Å². The molecule has 1 aromatic heterocycles. The van der Waals surface area contributed by atoms with Crippen molar-refractivity contribution in [2.45, 2.75) is 26.3 Å². The molecule has 0 radical (unpaired) electrons. The summed E-state index contributed by atoms with van der Waals surface area (Å²) in [5, 5.41) is 6.53. The van der Waals surface area contributed by atoms with Crippen LogP contribution in [0.2, 0.25) is 0 Å². The first-order chi connectivity index (χ1) is 9.74. The number of rotatable bonds is 6. The fourth-order valence-electron chi connectivity index (χ4n) is 2.05. The van der Waals surface area contributed by atoms with E-state index in [-0.39, 0.29) is 0 Å². The van der Waals surface area contributed by atoms with Crippen LogP contribution >= 0.6 is 15.9 Å². The standard InChI is InChI=1S/C15H19BrN4/c1-3-4-13-14(17-2)19-10-20-15(13)18-9-11-5-7-12(16)8-6-11/h5-8,10H,3-4,9H2,1-2H3,(H2,17,18,19,20). The SMILES string of the molecule is CCCc1c(NC)ncnc1NCc1ccc(Br)cc1. The van der Waals surface area contributed by atoms with E-state index < -0.39 is 0 Å². The third-order valence-corrected chi connectivity index (χ3v) is 3.58. The van der Waals surface area contributed by atoms with Gasteiger partial charge in [0, 0.05) is 23.6 Å². The Labute approximate surface area is 128 Å². The van der Waals surface area contributed by atoms with Gasteiger partial charge in [-0.25, -0.2) is 9.97 Å². The van der Waals surface area contributed by atoms with E-state index in [9.17, 15) is 0 Å². The maximum atomic E-state index is 4.37. The molecule has 1 aromatic carbocycles. The normalized spacial score (nSPS) is 10.3. The highest BCUT2D eigenvalue weighted by atomic mass is 79.9. The van der Waals surface area contributed by atoms with Gasteiger partial charge >= 0.3 is 0 Å². The summed E-state index contributed by atoms with van der Waals surface area (Å²) in [6, 6.07) is 8.28. The lowest BCUT2D eigenvalue weighted by Gasteiger charge is -2.13. The molecule has 0 fully saturated rings. The van der Waals surface area contributed by atoms with Crippen LogP contribution in [0.15, 0.2) is 35.1 Å². The van der Waals surface area contributed by atoms with Gasteiger partial charge in [0.05, 0.1) is 0 Å². The van der Waals surface area contributed by atoms with Crippen LogP contribution < -0.4 is 10.6 Å². The lowest BCUT2D eigenvalue weighted by atomic mass is 10.1. The van der Waals surface area contributed by atoms with Crippen LogP contribution in [0.25, 0.3) is 0 Å². The van der Waals surface area contributed by atoms with E-state index in [0.29, 0.717) is 0 Å². The molecule has 0 aliphatic heterocycles. The van der Waals surface area contributed by atoms with Crippen molar-refractivity contribution >= 4 is 27.6 Å². The quantitative estimate of drug-likeness (QED) is 0.842. The second-order valence-corrected chi connectivity index (χ2v) is 5.45. The molecule has 1 heterocycles. The Hall–Kier alpha value is -1.62. The number of halogens is 1. The smallest absolute Gasteiger partial charge is 0.134 e. The minimum absolute atomic E-state index is 0.754. The van der Waals surface area contributed by atoms with E-state index >= 15 is 0 Å². The van der Waals surface area contributed by atoms with Crippen molar-refractivity contribution in [1.29, 1.82) is 0 Å². The van der Waals surface area contributed by atoms with Gasteiger partial charge < -0.3 is 10.6 Å². The molecule has 0 aliphatic rings. The molecule has 4 nitrogen and oxygen atoms in total. The molecule has 0 saturated carbocycles. The Kier molecular flexibility index (Phi) is 5.35. The molecule has 0 spiro atoms. The third kappa shape index (κ3) is 3.70. The van der Waals surface area contributed by atoms with Crippen LogP contribution in [-0.4, -0.2) is 17.0 Å². The lowest BCUT2D eigenvalue weighted by molar-refractivity contribution is 0.899. The highest BCUT2D eigenvalue weighted by Crippen LogP contribution is 2.22. The third-order valence-electron chi connectivity index (χ3n) is 3.06. The zero-order valence-corrected chi connectivity index (χ0v) is 13.4. The van der Waals surface area contributed by atoms with Crippen LogP contribution in [0.3, 0.4) is 0 Å². The van der Waals surface area contributed by atoms with E-state index in [2.05, 4.69) is 55.6 Å². The van der Waals surface area contributed by atoms with Crippen molar-refractivity contribution in [3.8, 4) is 0 Å². The Bertz CT molecular complexity index is 554. The van der Waals surface area contributed by atoms with Crippen LogP contribution in [0, 0.1) is 0 Å². The molecule has 0 unspecified atom stereocenters. The molecular weight excluding hydrogens is 316 g/mol. The summed E-state index contributed by atoms with van der Waals surface area (Å²) in [6.45, 7) is 2.91. The minimum Gasteiger partial charge on any atom is -0.373 e. The first-order valence-electron chi connectivity index (χ1n) is 6.74. The summed E-state index contributed by atoms with van der Waals surface area (Å²) in [5.41, 5.74) is 2.37. The maximum absolute atomic E-state index is 4.37. The summed E-state index contributed by atoms with van der Waals surface area (Å²) >= 11 is 3.44. The van der Waals surface area contributed by atoms with Crippen LogP contribution in [-0.2, 0) is 13.0 Å². The van der Waals surface area contributed by atoms with Crippen LogP contribution in [0.1, 0.15) is 24.5 Å². The van der Waals surface area contributed by atoms with E-state index in [1.807, 2.05) is 19.2 Å². The van der Waals surface area contributed by atoms with Gasteiger partial charge in [-0.05, 0) is 24.1 Å². The monoisotopic (exact) mass is 334 g/mol. The largest absolute Gasteiger partial charge is 0.373 e. The number of nitrogens with zero attached hydrogens (tertiary/aromatic N) is 2. The van der Waals surface area contributed by atoms with Crippen molar-refractivity contribution in [2.75, 3.05) is 17.7 Å². The fourth-order valence-corrected chi connectivity index (χ4v) is 2.32. The number of anilines is 2. The summed E-state index contributed by atoms with van der Waals surface area (Å²) in [4.78, 5) is 8.64. The second-order valence-electron chi connectivity index (χ2n) is 4.53. The van der Waals surface area contributed by atoms with Gasteiger partial charge in [-0.1, -0.05) is 41.4 Å². The fraction of sp³-hybridized carbons (Fsp3) is 0.333. The summed E-state index contributed by atoms with van der Waals surface area (Å²) in [7, 11) is 1.89. The van der Waals surface area contributed by atoms with Gasteiger partial charge in [0.1, 0.15) is 18.0 Å². The van der Waals surface area contributed by atoms with Crippen molar-refractivity contribution in [3.05, 3.63) is 46.2 Å². The lowest BCUT2D eigenvalue weighted by Crippen LogP contribution is -2.08. The molecule has 2 aromatic rings. The predicted molar refractivity (Wildman–Crippen MR) is 87.0 cm³/mol. The molecule has 0 saturated heterocycles. The Morgan fingerprint density at radius 1 is 1.10 bits per heavy atom. The molecule has 0 bridgehead atoms. The summed E-state index contributed by atoms with van der Waals surface area (Å²) in [6.07, 6.45) is 3.61. The highest BCUT2D eigenvalue weighted by Gasteiger charge is 2.09. The average molecular weight is 335 g/mol. The number of hydrogen-bond acceptors (Lipinski definition) is 4. The summed E-state index contributed by atoms with van der Waals surface area (Å²) in [5.74, 6) is 1.81. The molecule has 5 heteroatoms. The topological polar surface area (TPSA) is 49.8 Å². The molecule has 20 heavy (non-hydrogen) atoms. The Morgan fingerprint density at radius 2 is 1.80 bits per heavy atom. The molecule has 2 rings (SSSR count). The second kappa shape index (κ2) is 7.24. The Morgan fingerprint density at radius 3 is 2.45 bits per heavy atom. The molecule has 0 amide bonds. The number of aromatic nitrogens is 2. The van der Waals surface area contributed by atoms with E-state index in [1.165, 1.54) is 5.56 Å². The van der Waals surface area contributed by atoms with E-state index in [0.717, 1.165) is 41.1 Å². The minimum atomic E-state index is 0.754. The highest BCUT2D eigenvalue weighted by molar-refractivity contribution is 9.10. The van der Waals surface area contributed by atoms with Crippen molar-refractivity contribution in [2.24, 2.45) is 0 Å². The molecular formula is C15H19BrN4. The Balaban J connectivity index is 2.14. The van der Waals surface area contributed by atoms with Gasteiger partial charge in [0.25, 0.3) is 0 Å². The average Bonchev–Trinajstić information content (AvgIpc) is 2.48. The maximum Gasteiger partial charge on any atom is 0.134 e. The van der Waals surface area contributed by atoms with Crippen molar-refractivity contribution < 1.29 is 0 Å². The molecule has 2 N–H and O–H groups in total. The number of hydrogen-bond donors (Lipinski definition) is 2. The number of benzene rings is 1. The van der Waals surface area contributed by atoms with Crippen molar-refractivity contribution in [3.63, 3.8) is 0 Å². The van der Waals surface area contributed by atoms with Crippen LogP contribution in [0.4, 0.5) is 11.6 Å². The van der Waals surface area contributed by atoms with Gasteiger partial charge in [-0.3, -0.25) is 0 Å². The zero-order chi connectivity index (χ0) is 14.4. The zero-order valence-electron chi connectivity index (χ0n) is 11.8. The van der Waals surface area contributed by atoms with E-state index in [1.54, 1.807) is 6.33 Å². The van der Waals surface area contributed by atoms with E-state index in [4.69, 9.17) is 0 Å². The van der Waals surface area contributed by atoms with Gasteiger partial charge in [0.15, 0.2) is 0 Å². The predicted octanol–water partition coefficient (Wildman–Crippen LogP) is 3.85. The van der Waals surface area contributed by atoms with Crippen molar-refractivity contribution in [1.82, 2.24) is 9.97 Å². The van der Waals surface area contributed by atoms with Gasteiger partial charge in [-0.2, -0.15) is 0 Å². The van der Waals surface area contributed by atoms with Crippen LogP contribution in [0.5, 0.6) is 0 Å². The first-order valence-corrected chi connectivity index (χ1v) is 7.53. The summed E-state index contributed by atoms with van der Waals surface area (Å²) < 4.78 is 1.09. The first kappa shape index (κ1) is 14.8. The molecule has 0 aliphatic carbocycles.